The molecule has 0 atom stereocenters. The summed E-state index contributed by atoms with van der Waals surface area (Å²) in [4.78, 5) is 1.76. The van der Waals surface area contributed by atoms with Crippen molar-refractivity contribution in [1.29, 1.82) is 0 Å². The van der Waals surface area contributed by atoms with Crippen molar-refractivity contribution in [2.45, 2.75) is 0 Å². The molecule has 64 valence electrons. The number of rotatable bonds is 3. The Labute approximate surface area is 80.2 Å². The molecular weight excluding hydrogens is 218 g/mol. The summed E-state index contributed by atoms with van der Waals surface area (Å²) in [5.41, 5.74) is 6.31. The van der Waals surface area contributed by atoms with Crippen LogP contribution in [0.2, 0.25) is 0 Å². The van der Waals surface area contributed by atoms with Gasteiger partial charge in [0.1, 0.15) is 12.4 Å². The van der Waals surface area contributed by atoms with Crippen molar-refractivity contribution in [1.82, 2.24) is 0 Å². The number of benzene rings is 1. The van der Waals surface area contributed by atoms with Crippen LogP contribution in [0.1, 0.15) is 0 Å². The summed E-state index contributed by atoms with van der Waals surface area (Å²) in [6, 6.07) is 7.43. The smallest absolute Gasteiger partial charge is 0.142 e. The lowest BCUT2D eigenvalue weighted by atomic mass is 10.3. The molecule has 2 nitrogen and oxygen atoms in total. The van der Waals surface area contributed by atoms with Gasteiger partial charge in [-0.15, -0.1) is 0 Å². The van der Waals surface area contributed by atoms with Gasteiger partial charge in [-0.25, -0.2) is 0 Å². The third-order valence-corrected chi connectivity index (χ3v) is 1.72. The number of nitrogen functional groups attached to an aromatic ring is 1. The average molecular weight is 228 g/mol. The van der Waals surface area contributed by atoms with E-state index in [0.717, 1.165) is 5.75 Å². The first kappa shape index (κ1) is 9.13. The lowest BCUT2D eigenvalue weighted by Crippen LogP contribution is -1.96. The minimum absolute atomic E-state index is 0.527. The van der Waals surface area contributed by atoms with E-state index in [0.29, 0.717) is 12.3 Å². The van der Waals surface area contributed by atoms with Gasteiger partial charge in [0, 0.05) is 0 Å². The molecule has 0 aliphatic rings. The highest BCUT2D eigenvalue weighted by molar-refractivity contribution is 9.11. The minimum Gasteiger partial charge on any atom is -0.487 e. The van der Waals surface area contributed by atoms with Crippen LogP contribution in [0.15, 0.2) is 35.3 Å². The topological polar surface area (TPSA) is 35.2 Å². The predicted molar refractivity (Wildman–Crippen MR) is 54.4 cm³/mol. The van der Waals surface area contributed by atoms with Gasteiger partial charge in [-0.2, -0.15) is 0 Å². The standard InChI is InChI=1S/C9H10BrNO/c10-6-3-7-12-9-5-2-1-4-8(9)11/h1-6H,7,11H2/b6-3+. The van der Waals surface area contributed by atoms with E-state index in [1.165, 1.54) is 0 Å². The fraction of sp³-hybridized carbons (Fsp3) is 0.111. The fourth-order valence-electron chi connectivity index (χ4n) is 0.786. The van der Waals surface area contributed by atoms with Gasteiger partial charge in [-0.1, -0.05) is 28.1 Å². The normalized spacial score (nSPS) is 10.4. The number of hydrogen-bond acceptors (Lipinski definition) is 2. The molecule has 0 heterocycles. The Hall–Kier alpha value is -0.960. The van der Waals surface area contributed by atoms with Gasteiger partial charge in [-0.3, -0.25) is 0 Å². The molecule has 0 unspecified atom stereocenters. The maximum Gasteiger partial charge on any atom is 0.142 e. The molecule has 1 aromatic carbocycles. The van der Waals surface area contributed by atoms with Crippen LogP contribution in [0.5, 0.6) is 5.75 Å². The molecule has 0 aromatic heterocycles. The fourth-order valence-corrected chi connectivity index (χ4v) is 0.939. The molecule has 0 radical (unpaired) electrons. The molecule has 1 rings (SSSR count). The Morgan fingerprint density at radius 3 is 2.83 bits per heavy atom. The highest BCUT2D eigenvalue weighted by Crippen LogP contribution is 2.19. The molecule has 0 spiro atoms. The Kier molecular flexibility index (Phi) is 3.67. The second kappa shape index (κ2) is 4.83. The van der Waals surface area contributed by atoms with Crippen LogP contribution in [0.25, 0.3) is 0 Å². The van der Waals surface area contributed by atoms with Gasteiger partial charge in [0.15, 0.2) is 0 Å². The second-order valence-corrected chi connectivity index (χ2v) is 2.74. The van der Waals surface area contributed by atoms with E-state index in [9.17, 15) is 0 Å². The Morgan fingerprint density at radius 2 is 2.17 bits per heavy atom. The van der Waals surface area contributed by atoms with Gasteiger partial charge in [-0.05, 0) is 23.2 Å². The first-order chi connectivity index (χ1) is 5.84. The predicted octanol–water partition coefficient (Wildman–Crippen LogP) is 2.56. The van der Waals surface area contributed by atoms with Gasteiger partial charge in [0.05, 0.1) is 5.69 Å². The molecule has 0 aliphatic carbocycles. The summed E-state index contributed by atoms with van der Waals surface area (Å²) in [5.74, 6) is 0.725. The largest absolute Gasteiger partial charge is 0.487 e. The molecule has 0 bridgehead atoms. The molecule has 0 saturated carbocycles. The number of nitrogens with two attached hydrogens (primary N) is 1. The maximum atomic E-state index is 5.64. The van der Waals surface area contributed by atoms with Crippen molar-refractivity contribution in [3.05, 3.63) is 35.3 Å². The molecule has 0 saturated heterocycles. The number of hydrogen-bond donors (Lipinski definition) is 1. The van der Waals surface area contributed by atoms with Crippen molar-refractivity contribution in [3.63, 3.8) is 0 Å². The van der Waals surface area contributed by atoms with Crippen LogP contribution in [-0.2, 0) is 0 Å². The maximum absolute atomic E-state index is 5.64. The van der Waals surface area contributed by atoms with Crippen LogP contribution in [0.4, 0.5) is 5.69 Å². The van der Waals surface area contributed by atoms with E-state index in [2.05, 4.69) is 15.9 Å². The lowest BCUT2D eigenvalue weighted by molar-refractivity contribution is 0.365. The summed E-state index contributed by atoms with van der Waals surface area (Å²) in [6.07, 6.45) is 1.85. The van der Waals surface area contributed by atoms with E-state index in [1.807, 2.05) is 30.3 Å². The van der Waals surface area contributed by atoms with Crippen LogP contribution in [0, 0.1) is 0 Å². The number of anilines is 1. The molecule has 1 aromatic rings. The van der Waals surface area contributed by atoms with Crippen molar-refractivity contribution in [2.75, 3.05) is 12.3 Å². The number of ether oxygens (including phenoxy) is 1. The zero-order valence-corrected chi connectivity index (χ0v) is 8.12. The Bertz CT molecular complexity index is 273. The first-order valence-corrected chi connectivity index (χ1v) is 4.48. The first-order valence-electron chi connectivity index (χ1n) is 3.57. The number of halogens is 1. The van der Waals surface area contributed by atoms with Gasteiger partial charge in [0.2, 0.25) is 0 Å². The third kappa shape index (κ3) is 2.58. The van der Waals surface area contributed by atoms with Crippen molar-refractivity contribution >= 4 is 21.6 Å². The van der Waals surface area contributed by atoms with E-state index in [1.54, 1.807) is 4.99 Å². The van der Waals surface area contributed by atoms with Gasteiger partial charge in [0.25, 0.3) is 0 Å². The van der Waals surface area contributed by atoms with Crippen LogP contribution >= 0.6 is 15.9 Å². The quantitative estimate of drug-likeness (QED) is 0.807. The van der Waals surface area contributed by atoms with Gasteiger partial charge < -0.3 is 10.5 Å². The average Bonchev–Trinajstić information content (AvgIpc) is 2.09. The summed E-state index contributed by atoms with van der Waals surface area (Å²) >= 11 is 3.15. The molecular formula is C9H10BrNO. The van der Waals surface area contributed by atoms with E-state index in [4.69, 9.17) is 10.5 Å². The minimum atomic E-state index is 0.527. The zero-order chi connectivity index (χ0) is 8.81. The Morgan fingerprint density at radius 1 is 1.42 bits per heavy atom. The molecule has 3 heteroatoms. The summed E-state index contributed by atoms with van der Waals surface area (Å²) < 4.78 is 5.34. The third-order valence-electron chi connectivity index (χ3n) is 1.34. The van der Waals surface area contributed by atoms with E-state index in [-0.39, 0.29) is 0 Å². The molecule has 0 fully saturated rings. The molecule has 0 aliphatic heterocycles. The number of para-hydroxylation sites is 2. The zero-order valence-electron chi connectivity index (χ0n) is 6.53. The molecule has 0 amide bonds. The van der Waals surface area contributed by atoms with Crippen LogP contribution < -0.4 is 10.5 Å². The summed E-state index contributed by atoms with van der Waals surface area (Å²) in [5, 5.41) is 0. The Balaban J connectivity index is 2.57. The SMILES string of the molecule is Nc1ccccc1OC/C=C/Br. The molecule has 12 heavy (non-hydrogen) atoms. The van der Waals surface area contributed by atoms with Gasteiger partial charge >= 0.3 is 0 Å². The van der Waals surface area contributed by atoms with E-state index < -0.39 is 0 Å². The van der Waals surface area contributed by atoms with Crippen LogP contribution in [-0.4, -0.2) is 6.61 Å². The van der Waals surface area contributed by atoms with Crippen molar-refractivity contribution in [3.8, 4) is 5.75 Å². The molecule has 2 N–H and O–H groups in total. The van der Waals surface area contributed by atoms with E-state index >= 15 is 0 Å². The summed E-state index contributed by atoms with van der Waals surface area (Å²) in [6.45, 7) is 0.527. The van der Waals surface area contributed by atoms with Crippen molar-refractivity contribution in [2.24, 2.45) is 0 Å². The monoisotopic (exact) mass is 227 g/mol. The second-order valence-electron chi connectivity index (χ2n) is 2.21. The van der Waals surface area contributed by atoms with Crippen molar-refractivity contribution < 1.29 is 4.74 Å². The highest BCUT2D eigenvalue weighted by atomic mass is 79.9. The van der Waals surface area contributed by atoms with Crippen LogP contribution in [0.3, 0.4) is 0 Å². The highest BCUT2D eigenvalue weighted by Gasteiger charge is 1.94. The lowest BCUT2D eigenvalue weighted by Gasteiger charge is -2.04. The summed E-state index contributed by atoms with van der Waals surface area (Å²) in [7, 11) is 0.